The zero-order valence-electron chi connectivity index (χ0n) is 40.2. The normalized spacial score (nSPS) is 12.6. The van der Waals surface area contributed by atoms with E-state index in [1.807, 2.05) is 140 Å². The quantitative estimate of drug-likeness (QED) is 0.0388. The number of carbonyl (C=O) groups excluding carboxylic acids is 4. The number of benzene rings is 7. The predicted octanol–water partition coefficient (Wildman–Crippen LogP) is 10.4. The molecule has 73 heavy (non-hydrogen) atoms. The summed E-state index contributed by atoms with van der Waals surface area (Å²) in [6.07, 6.45) is -1.26. The summed E-state index contributed by atoms with van der Waals surface area (Å²) in [7, 11) is -2.65. The highest BCUT2D eigenvalue weighted by Gasteiger charge is 2.33. The highest BCUT2D eigenvalue weighted by molar-refractivity contribution is 7.48. The molecular weight excluding hydrogens is 946 g/mol. The number of hydrogen-bond acceptors (Lipinski definition) is 11. The molecule has 0 spiro atoms. The summed E-state index contributed by atoms with van der Waals surface area (Å²) in [5.74, 6) is -1.29. The van der Waals surface area contributed by atoms with Crippen LogP contribution in [0.15, 0.2) is 188 Å². The Morgan fingerprint density at radius 3 is 1.59 bits per heavy atom. The second-order valence-corrected chi connectivity index (χ2v) is 18.8. The summed E-state index contributed by atoms with van der Waals surface area (Å²) in [4.78, 5) is 55.4. The second-order valence-electron chi connectivity index (χ2n) is 17.2. The lowest BCUT2D eigenvalue weighted by molar-refractivity contribution is -0.145. The Hall–Kier alpha value is -8.03. The van der Waals surface area contributed by atoms with E-state index in [2.05, 4.69) is 16.0 Å². The number of phosphoric ester groups is 1. The fraction of sp³-hybridized carbons (Fsp3) is 0.207. The first-order chi connectivity index (χ1) is 35.6. The predicted molar refractivity (Wildman–Crippen MR) is 275 cm³/mol. The molecule has 0 fully saturated rings. The van der Waals surface area contributed by atoms with Gasteiger partial charge in [0, 0.05) is 25.3 Å². The van der Waals surface area contributed by atoms with Gasteiger partial charge in [-0.1, -0.05) is 164 Å². The Kier molecular flexibility index (Phi) is 17.8. The summed E-state index contributed by atoms with van der Waals surface area (Å²) in [6, 6.07) is 54.5. The first-order valence-corrected chi connectivity index (χ1v) is 25.3. The Morgan fingerprint density at radius 1 is 0.521 bits per heavy atom. The van der Waals surface area contributed by atoms with Gasteiger partial charge in [0.1, 0.15) is 36.8 Å². The minimum Gasteiger partial charge on any atom is -0.497 e. The van der Waals surface area contributed by atoms with E-state index in [9.17, 15) is 23.7 Å². The van der Waals surface area contributed by atoms with Crippen molar-refractivity contribution >= 4 is 31.7 Å². The van der Waals surface area contributed by atoms with Gasteiger partial charge < -0.3 is 34.7 Å². The topological polar surface area (TPSA) is 177 Å². The molecule has 0 radical (unpaired) electrons. The maximum atomic E-state index is 14.5. The van der Waals surface area contributed by atoms with Gasteiger partial charge >= 0.3 is 19.9 Å². The Balaban J connectivity index is 0.997. The van der Waals surface area contributed by atoms with E-state index in [0.717, 1.165) is 44.5 Å². The smallest absolute Gasteiger partial charge is 0.497 e. The minimum atomic E-state index is -4.21. The molecule has 374 valence electrons. The molecule has 0 unspecified atom stereocenters. The van der Waals surface area contributed by atoms with E-state index in [4.69, 9.17) is 27.8 Å². The molecule has 0 saturated carbocycles. The minimum absolute atomic E-state index is 0.0134. The van der Waals surface area contributed by atoms with Crippen LogP contribution in [0.25, 0.3) is 11.1 Å². The average molecular weight is 1000 g/mol. The molecule has 1 aliphatic carbocycles. The highest BCUT2D eigenvalue weighted by atomic mass is 31.2. The van der Waals surface area contributed by atoms with Crippen LogP contribution >= 0.6 is 7.82 Å². The Bertz CT molecular complexity index is 2890. The third-order valence-corrected chi connectivity index (χ3v) is 13.5. The van der Waals surface area contributed by atoms with Crippen LogP contribution in [-0.4, -0.2) is 49.7 Å². The molecule has 3 amide bonds. The van der Waals surface area contributed by atoms with E-state index in [1.165, 1.54) is 0 Å². The van der Waals surface area contributed by atoms with Crippen LogP contribution in [0.2, 0.25) is 0 Å². The largest absolute Gasteiger partial charge is 0.530 e. The zero-order valence-corrected chi connectivity index (χ0v) is 41.1. The summed E-state index contributed by atoms with van der Waals surface area (Å²) < 4.78 is 48.4. The molecule has 14 nitrogen and oxygen atoms in total. The van der Waals surface area contributed by atoms with Crippen LogP contribution in [0.1, 0.15) is 57.7 Å². The van der Waals surface area contributed by atoms with Gasteiger partial charge in [0.15, 0.2) is 0 Å². The monoisotopic (exact) mass is 1000 g/mol. The Morgan fingerprint density at radius 2 is 1.03 bits per heavy atom. The molecule has 7 aromatic rings. The van der Waals surface area contributed by atoms with E-state index < -0.39 is 43.8 Å². The SMILES string of the molecule is COc1ccc(CNC(=O)[C@H](CCC(=O)OCc2ccccc2)NC(=O)[C@H](Cc2ccc(OP(=O)(OCc3ccccc3)OCc3ccccc3)cc2)NC(=O)OCC2c3ccccc3-c3ccccc32)cc1. The zero-order chi connectivity index (χ0) is 50.8. The molecule has 7 aromatic carbocycles. The highest BCUT2D eigenvalue weighted by Crippen LogP contribution is 2.51. The average Bonchev–Trinajstić information content (AvgIpc) is 3.75. The molecule has 2 atom stereocenters. The van der Waals surface area contributed by atoms with E-state index in [1.54, 1.807) is 55.6 Å². The molecule has 0 aliphatic heterocycles. The molecule has 1 aliphatic rings. The van der Waals surface area contributed by atoms with Gasteiger partial charge in [-0.05, 0) is 80.8 Å². The number of rotatable bonds is 24. The number of methoxy groups -OCH3 is 1. The Labute approximate surface area is 424 Å². The van der Waals surface area contributed by atoms with Crippen molar-refractivity contribution in [2.45, 2.75) is 63.6 Å². The van der Waals surface area contributed by atoms with Gasteiger partial charge in [0.2, 0.25) is 11.8 Å². The number of nitrogens with one attached hydrogen (secondary N) is 3. The van der Waals surface area contributed by atoms with Crippen molar-refractivity contribution in [3.8, 4) is 22.6 Å². The lowest BCUT2D eigenvalue weighted by Crippen LogP contribution is -2.54. The second kappa shape index (κ2) is 25.4. The number of ether oxygens (including phenoxy) is 3. The van der Waals surface area contributed by atoms with Crippen LogP contribution in [0.3, 0.4) is 0 Å². The molecule has 0 heterocycles. The summed E-state index contributed by atoms with van der Waals surface area (Å²) in [5, 5.41) is 8.42. The fourth-order valence-corrected chi connectivity index (χ4v) is 9.43. The standard InChI is InChI=1S/C58H56N3O11P/c1-67-46-29-27-42(28-30-46)36-59-56(63)53(33-34-55(62)68-37-43-15-5-2-6-16-43)60-57(64)54(61-58(65)69-40-52-50-23-13-11-21-48(50)49-22-12-14-24-51(49)52)35-41-25-31-47(32-26-41)72-73(66,70-38-44-17-7-3-8-18-44)71-39-45-19-9-4-10-20-45/h2-32,52-54H,33-40H2,1H3,(H,59,63)(H,60,64)(H,61,65)/t53-,54-/m0/s1. The molecular formula is C58H56N3O11P. The maximum Gasteiger partial charge on any atom is 0.530 e. The van der Waals surface area contributed by atoms with Gasteiger partial charge in [0.25, 0.3) is 0 Å². The summed E-state index contributed by atoms with van der Waals surface area (Å²) in [5.41, 5.74) is 7.78. The number of phosphoric acid groups is 1. The summed E-state index contributed by atoms with van der Waals surface area (Å²) in [6.45, 7) is 0.0537. The van der Waals surface area contributed by atoms with Crippen molar-refractivity contribution in [2.75, 3.05) is 13.7 Å². The van der Waals surface area contributed by atoms with E-state index in [-0.39, 0.29) is 63.9 Å². The number of fused-ring (bicyclic) bond motifs is 3. The first kappa shape index (κ1) is 51.3. The van der Waals surface area contributed by atoms with Crippen LogP contribution < -0.4 is 25.2 Å². The number of esters is 1. The third-order valence-electron chi connectivity index (χ3n) is 12.1. The van der Waals surface area contributed by atoms with Crippen molar-refractivity contribution in [3.63, 3.8) is 0 Å². The molecule has 0 aromatic heterocycles. The van der Waals surface area contributed by atoms with Crippen LogP contribution in [0.4, 0.5) is 4.79 Å². The van der Waals surface area contributed by atoms with Crippen molar-refractivity contribution in [2.24, 2.45) is 0 Å². The molecule has 15 heteroatoms. The van der Waals surface area contributed by atoms with Crippen LogP contribution in [0, 0.1) is 0 Å². The third kappa shape index (κ3) is 14.8. The van der Waals surface area contributed by atoms with Crippen molar-refractivity contribution in [3.05, 3.63) is 227 Å². The molecule has 8 rings (SSSR count). The van der Waals surface area contributed by atoms with Crippen LogP contribution in [-0.2, 0) is 70.3 Å². The summed E-state index contributed by atoms with van der Waals surface area (Å²) >= 11 is 0. The fourth-order valence-electron chi connectivity index (χ4n) is 8.26. The van der Waals surface area contributed by atoms with Crippen molar-refractivity contribution in [1.29, 1.82) is 0 Å². The van der Waals surface area contributed by atoms with Gasteiger partial charge in [-0.15, -0.1) is 0 Å². The number of amides is 3. The van der Waals surface area contributed by atoms with Crippen molar-refractivity contribution in [1.82, 2.24) is 16.0 Å². The first-order valence-electron chi connectivity index (χ1n) is 23.9. The molecule has 0 saturated heterocycles. The van der Waals surface area contributed by atoms with E-state index in [0.29, 0.717) is 11.3 Å². The number of alkyl carbamates (subject to hydrolysis) is 1. The van der Waals surface area contributed by atoms with Crippen molar-refractivity contribution < 1.29 is 51.5 Å². The molecule has 0 bridgehead atoms. The molecule has 3 N–H and O–H groups in total. The van der Waals surface area contributed by atoms with Gasteiger partial charge in [-0.3, -0.25) is 23.4 Å². The lowest BCUT2D eigenvalue weighted by atomic mass is 9.98. The van der Waals surface area contributed by atoms with Gasteiger partial charge in [-0.2, -0.15) is 0 Å². The number of hydrogen-bond donors (Lipinski definition) is 3. The van der Waals surface area contributed by atoms with Crippen LogP contribution in [0.5, 0.6) is 11.5 Å². The number of carbonyl (C=O) groups is 4. The van der Waals surface area contributed by atoms with E-state index >= 15 is 0 Å². The maximum absolute atomic E-state index is 14.5. The van der Waals surface area contributed by atoms with Gasteiger partial charge in [-0.25, -0.2) is 9.36 Å². The van der Waals surface area contributed by atoms with Gasteiger partial charge in [0.05, 0.1) is 20.3 Å². The lowest BCUT2D eigenvalue weighted by Gasteiger charge is -2.24.